The van der Waals surface area contributed by atoms with E-state index in [1.807, 2.05) is 24.3 Å². The Labute approximate surface area is 214 Å². The van der Waals surface area contributed by atoms with Crippen LogP contribution in [-0.2, 0) is 14.3 Å². The molecule has 2 amide bonds. The molecule has 1 aliphatic carbocycles. The maximum Gasteiger partial charge on any atom is 0.251 e. The molecule has 0 aromatic heterocycles. The normalized spacial score (nSPS) is 27.9. The molecule has 36 heavy (non-hydrogen) atoms. The number of benzene rings is 1. The van der Waals surface area contributed by atoms with Crippen molar-refractivity contribution >= 4 is 23.3 Å². The lowest BCUT2D eigenvalue weighted by molar-refractivity contribution is -0.139. The summed E-state index contributed by atoms with van der Waals surface area (Å²) in [5, 5.41) is 3.09. The summed E-state index contributed by atoms with van der Waals surface area (Å²) in [5.41, 5.74) is 1.69. The van der Waals surface area contributed by atoms with E-state index in [-0.39, 0.29) is 42.1 Å². The molecule has 3 saturated heterocycles. The largest absolute Gasteiger partial charge is 0.369 e. The van der Waals surface area contributed by atoms with Gasteiger partial charge in [0.2, 0.25) is 5.91 Å². The number of fused-ring (bicyclic) bond motifs is 1. The summed E-state index contributed by atoms with van der Waals surface area (Å²) in [6, 6.07) is 6.63. The number of anilines is 1. The number of hydrogen-bond donors (Lipinski definition) is 1. The lowest BCUT2D eigenvalue weighted by Gasteiger charge is -2.35. The molecule has 196 valence electrons. The SMILES string of the molecule is CC[C@@H]1CN(C(=O)C(NC(=O)c2ccc(N3CCN(CC)CC3)cc2)C2CCCC2)[C@@H]2C(=O)CO[C@@H]12. The molecule has 4 atom stereocenters. The second kappa shape index (κ2) is 10.9. The van der Waals surface area contributed by atoms with Crippen LogP contribution >= 0.6 is 0 Å². The fourth-order valence-corrected chi connectivity index (χ4v) is 6.56. The van der Waals surface area contributed by atoms with Crippen LogP contribution in [0, 0.1) is 11.8 Å². The van der Waals surface area contributed by atoms with Crippen LogP contribution in [0.15, 0.2) is 24.3 Å². The molecule has 0 radical (unpaired) electrons. The van der Waals surface area contributed by atoms with Crippen LogP contribution in [0.4, 0.5) is 5.69 Å². The van der Waals surface area contributed by atoms with E-state index >= 15 is 0 Å². The van der Waals surface area contributed by atoms with Crippen LogP contribution in [0.5, 0.6) is 0 Å². The predicted octanol–water partition coefficient (Wildman–Crippen LogP) is 2.32. The summed E-state index contributed by atoms with van der Waals surface area (Å²) >= 11 is 0. The molecule has 1 aromatic carbocycles. The molecule has 1 aromatic rings. The van der Waals surface area contributed by atoms with Gasteiger partial charge in [-0.2, -0.15) is 0 Å². The van der Waals surface area contributed by atoms with Gasteiger partial charge in [-0.3, -0.25) is 14.4 Å². The summed E-state index contributed by atoms with van der Waals surface area (Å²) in [4.78, 5) is 46.3. The van der Waals surface area contributed by atoms with Gasteiger partial charge in [0.25, 0.3) is 5.91 Å². The third kappa shape index (κ3) is 4.90. The smallest absolute Gasteiger partial charge is 0.251 e. The van der Waals surface area contributed by atoms with E-state index < -0.39 is 12.1 Å². The van der Waals surface area contributed by atoms with Crippen molar-refractivity contribution in [2.24, 2.45) is 11.8 Å². The van der Waals surface area contributed by atoms with Gasteiger partial charge in [-0.1, -0.05) is 26.7 Å². The zero-order valence-corrected chi connectivity index (χ0v) is 21.7. The van der Waals surface area contributed by atoms with Crippen LogP contribution in [0.1, 0.15) is 56.3 Å². The first-order chi connectivity index (χ1) is 17.5. The van der Waals surface area contributed by atoms with E-state index in [0.717, 1.165) is 70.5 Å². The third-order valence-corrected chi connectivity index (χ3v) is 8.84. The Morgan fingerprint density at radius 1 is 1.06 bits per heavy atom. The number of ether oxygens (including phenoxy) is 1. The Morgan fingerprint density at radius 2 is 1.75 bits per heavy atom. The van der Waals surface area contributed by atoms with Crippen LogP contribution in [-0.4, -0.2) is 91.5 Å². The summed E-state index contributed by atoms with van der Waals surface area (Å²) in [7, 11) is 0. The zero-order valence-electron chi connectivity index (χ0n) is 21.7. The highest BCUT2D eigenvalue weighted by Gasteiger charge is 2.53. The number of likely N-dealkylation sites (N-methyl/N-ethyl adjacent to an activating group) is 1. The number of amides is 2. The first-order valence-corrected chi connectivity index (χ1v) is 13.8. The fraction of sp³-hybridized carbons (Fsp3) is 0.679. The maximum atomic E-state index is 13.9. The molecule has 0 bridgehead atoms. The van der Waals surface area contributed by atoms with Crippen LogP contribution in [0.25, 0.3) is 0 Å². The van der Waals surface area contributed by atoms with E-state index in [1.165, 1.54) is 0 Å². The van der Waals surface area contributed by atoms with E-state index in [1.54, 1.807) is 4.90 Å². The van der Waals surface area contributed by atoms with Crippen molar-refractivity contribution in [3.8, 4) is 0 Å². The van der Waals surface area contributed by atoms with Crippen molar-refractivity contribution in [2.45, 2.75) is 64.1 Å². The van der Waals surface area contributed by atoms with Crippen LogP contribution in [0.3, 0.4) is 0 Å². The molecule has 3 heterocycles. The monoisotopic (exact) mass is 496 g/mol. The second-order valence-electron chi connectivity index (χ2n) is 10.8. The maximum absolute atomic E-state index is 13.9. The van der Waals surface area contributed by atoms with Crippen molar-refractivity contribution in [1.82, 2.24) is 15.1 Å². The Morgan fingerprint density at radius 3 is 2.39 bits per heavy atom. The minimum Gasteiger partial charge on any atom is -0.369 e. The first-order valence-electron chi connectivity index (χ1n) is 13.8. The lowest BCUT2D eigenvalue weighted by Crippen LogP contribution is -2.54. The summed E-state index contributed by atoms with van der Waals surface area (Å²) < 4.78 is 5.76. The average molecular weight is 497 g/mol. The van der Waals surface area contributed by atoms with Gasteiger partial charge in [-0.25, -0.2) is 0 Å². The molecule has 1 saturated carbocycles. The number of nitrogens with one attached hydrogen (secondary N) is 1. The molecule has 8 nitrogen and oxygen atoms in total. The van der Waals surface area contributed by atoms with Gasteiger partial charge < -0.3 is 24.8 Å². The Bertz CT molecular complexity index is 953. The topological polar surface area (TPSA) is 82.2 Å². The average Bonchev–Trinajstić information content (AvgIpc) is 3.66. The first kappa shape index (κ1) is 25.2. The number of likely N-dealkylation sites (tertiary alicyclic amines) is 1. The number of piperazine rings is 1. The predicted molar refractivity (Wildman–Crippen MR) is 138 cm³/mol. The lowest BCUT2D eigenvalue weighted by atomic mass is 9.95. The molecule has 8 heteroatoms. The van der Waals surface area contributed by atoms with Gasteiger partial charge in [0, 0.05) is 49.9 Å². The Hall–Kier alpha value is -2.45. The van der Waals surface area contributed by atoms with Gasteiger partial charge >= 0.3 is 0 Å². The molecule has 3 aliphatic heterocycles. The number of hydrogen-bond acceptors (Lipinski definition) is 6. The number of Topliss-reactive ketones (excluding diaryl/α,β-unsaturated/α-hetero) is 1. The van der Waals surface area contributed by atoms with Crippen LogP contribution in [0.2, 0.25) is 0 Å². The van der Waals surface area contributed by atoms with Gasteiger partial charge in [0.1, 0.15) is 18.7 Å². The minimum absolute atomic E-state index is 0.0174. The summed E-state index contributed by atoms with van der Waals surface area (Å²) in [6.07, 6.45) is 4.62. The number of ketones is 1. The molecule has 1 unspecified atom stereocenters. The second-order valence-corrected chi connectivity index (χ2v) is 10.8. The molecule has 5 rings (SSSR count). The van der Waals surface area contributed by atoms with Crippen molar-refractivity contribution in [2.75, 3.05) is 50.8 Å². The summed E-state index contributed by atoms with van der Waals surface area (Å²) in [6.45, 7) is 10.0. The Balaban J connectivity index is 1.29. The quantitative estimate of drug-likeness (QED) is 0.624. The summed E-state index contributed by atoms with van der Waals surface area (Å²) in [5.74, 6) is -0.0924. The molecule has 4 aliphatic rings. The van der Waals surface area contributed by atoms with Gasteiger partial charge in [0.15, 0.2) is 5.78 Å². The minimum atomic E-state index is -0.605. The Kier molecular flexibility index (Phi) is 7.62. The van der Waals surface area contributed by atoms with Gasteiger partial charge in [-0.15, -0.1) is 0 Å². The third-order valence-electron chi connectivity index (χ3n) is 8.84. The molecule has 4 fully saturated rings. The number of carbonyl (C=O) groups excluding carboxylic acids is 3. The van der Waals surface area contributed by atoms with E-state index in [2.05, 4.69) is 29.0 Å². The number of carbonyl (C=O) groups is 3. The van der Waals surface area contributed by atoms with Crippen molar-refractivity contribution < 1.29 is 19.1 Å². The van der Waals surface area contributed by atoms with Crippen molar-refractivity contribution in [1.29, 1.82) is 0 Å². The fourth-order valence-electron chi connectivity index (χ4n) is 6.56. The number of nitrogens with zero attached hydrogens (tertiary/aromatic N) is 3. The van der Waals surface area contributed by atoms with E-state index in [0.29, 0.717) is 12.1 Å². The molecular formula is C28H40N4O4. The molecule has 0 spiro atoms. The standard InChI is InChI=1S/C28H40N4O4/c1-3-19-17-32(25-23(33)18-36-26(19)25)28(35)24(20-7-5-6-8-20)29-27(34)21-9-11-22(12-10-21)31-15-13-30(4-2)14-16-31/h9-12,19-20,24-26H,3-8,13-18H2,1-2H3,(H,29,34)/t19-,24?,25-,26+/m1/s1. The van der Waals surface area contributed by atoms with Gasteiger partial charge in [0.05, 0.1) is 6.10 Å². The van der Waals surface area contributed by atoms with E-state index in [4.69, 9.17) is 4.74 Å². The van der Waals surface area contributed by atoms with Gasteiger partial charge in [-0.05, 0) is 56.0 Å². The molecular weight excluding hydrogens is 456 g/mol. The molecule has 1 N–H and O–H groups in total. The van der Waals surface area contributed by atoms with Crippen LogP contribution < -0.4 is 10.2 Å². The van der Waals surface area contributed by atoms with E-state index in [9.17, 15) is 14.4 Å². The number of rotatable bonds is 7. The highest BCUT2D eigenvalue weighted by molar-refractivity contribution is 5.99. The highest BCUT2D eigenvalue weighted by atomic mass is 16.5. The highest BCUT2D eigenvalue weighted by Crippen LogP contribution is 2.36. The zero-order chi connectivity index (χ0) is 25.2. The van der Waals surface area contributed by atoms with Crippen molar-refractivity contribution in [3.05, 3.63) is 29.8 Å². The van der Waals surface area contributed by atoms with Crippen molar-refractivity contribution in [3.63, 3.8) is 0 Å².